The lowest BCUT2D eigenvalue weighted by molar-refractivity contribution is -0.122. The molecule has 1 aromatic rings. The summed E-state index contributed by atoms with van der Waals surface area (Å²) in [6.07, 6.45) is 4.57. The van der Waals surface area contributed by atoms with Crippen molar-refractivity contribution in [3.8, 4) is 0 Å². The molecule has 1 heterocycles. The average Bonchev–Trinajstić information content (AvgIpc) is 2.40. The lowest BCUT2D eigenvalue weighted by Gasteiger charge is -2.26. The number of carbonyl (C=O) groups is 1. The molecule has 4 heteroatoms. The second-order valence-electron chi connectivity index (χ2n) is 4.90. The Labute approximate surface area is 118 Å². The molecule has 0 saturated heterocycles. The molecule has 0 saturated carbocycles. The molecule has 2 rings (SSSR count). The van der Waals surface area contributed by atoms with Crippen LogP contribution in [0, 0.1) is 5.82 Å². The van der Waals surface area contributed by atoms with Crippen LogP contribution in [-0.2, 0) is 4.79 Å². The number of rotatable bonds is 5. The van der Waals surface area contributed by atoms with Gasteiger partial charge in [-0.2, -0.15) is 0 Å². The van der Waals surface area contributed by atoms with E-state index in [4.69, 9.17) is 0 Å². The van der Waals surface area contributed by atoms with Crippen molar-refractivity contribution in [2.24, 2.45) is 0 Å². The fourth-order valence-electron chi connectivity index (χ4n) is 2.32. The number of nitrogens with one attached hydrogen (secondary N) is 1. The zero-order valence-electron chi connectivity index (χ0n) is 11.2. The second kappa shape index (κ2) is 6.94. The van der Waals surface area contributed by atoms with Gasteiger partial charge in [0.15, 0.2) is 0 Å². The maximum absolute atomic E-state index is 13.3. The summed E-state index contributed by atoms with van der Waals surface area (Å²) >= 11 is 1.73. The number of amides is 1. The van der Waals surface area contributed by atoms with E-state index in [-0.39, 0.29) is 17.8 Å². The lowest BCUT2D eigenvalue weighted by Crippen LogP contribution is -2.30. The van der Waals surface area contributed by atoms with Crippen molar-refractivity contribution < 1.29 is 9.18 Å². The molecule has 0 spiro atoms. The number of unbranched alkanes of at least 4 members (excludes halogenated alkanes) is 2. The van der Waals surface area contributed by atoms with Crippen molar-refractivity contribution in [2.45, 2.75) is 50.0 Å². The van der Waals surface area contributed by atoms with Crippen LogP contribution < -0.4 is 5.32 Å². The minimum absolute atomic E-state index is 0.0268. The number of halogens is 1. The minimum atomic E-state index is -0.230. The largest absolute Gasteiger partial charge is 0.349 e. The van der Waals surface area contributed by atoms with Gasteiger partial charge >= 0.3 is 0 Å². The predicted octanol–water partition coefficient (Wildman–Crippen LogP) is 4.06. The zero-order chi connectivity index (χ0) is 13.7. The first-order valence-corrected chi connectivity index (χ1v) is 7.91. The Morgan fingerprint density at radius 3 is 3.11 bits per heavy atom. The molecular weight excluding hydrogens is 261 g/mol. The Morgan fingerprint density at radius 2 is 2.32 bits per heavy atom. The Hall–Kier alpha value is -1.03. The Bertz CT molecular complexity index is 450. The topological polar surface area (TPSA) is 29.1 Å². The van der Waals surface area contributed by atoms with Gasteiger partial charge < -0.3 is 5.32 Å². The maximum atomic E-state index is 13.3. The van der Waals surface area contributed by atoms with E-state index in [0.29, 0.717) is 6.42 Å². The molecule has 1 aromatic carbocycles. The third-order valence-electron chi connectivity index (χ3n) is 3.35. The van der Waals surface area contributed by atoms with Crippen LogP contribution in [-0.4, -0.2) is 11.7 Å². The van der Waals surface area contributed by atoms with E-state index in [9.17, 15) is 9.18 Å². The van der Waals surface area contributed by atoms with Crippen LogP contribution in [0.25, 0.3) is 0 Å². The first-order chi connectivity index (χ1) is 9.20. The molecule has 1 aliphatic heterocycles. The monoisotopic (exact) mass is 281 g/mol. The van der Waals surface area contributed by atoms with Crippen molar-refractivity contribution >= 4 is 17.7 Å². The molecule has 0 aliphatic carbocycles. The van der Waals surface area contributed by atoms with Crippen molar-refractivity contribution in [3.05, 3.63) is 29.6 Å². The minimum Gasteiger partial charge on any atom is -0.349 e. The molecule has 1 amide bonds. The van der Waals surface area contributed by atoms with Crippen LogP contribution in [0.1, 0.15) is 50.6 Å². The smallest absolute Gasteiger partial charge is 0.220 e. The standard InChI is InChI=1S/C15H20FNOS/c1-2-3-4-5-15(18)17-13-8-9-19-14-7-6-11(16)10-12(13)14/h6-7,10,13H,2-5,8-9H2,1H3,(H,17,18). The van der Waals surface area contributed by atoms with Crippen molar-refractivity contribution in [1.82, 2.24) is 5.32 Å². The van der Waals surface area contributed by atoms with E-state index in [2.05, 4.69) is 12.2 Å². The van der Waals surface area contributed by atoms with Gasteiger partial charge in [0, 0.05) is 17.1 Å². The third kappa shape index (κ3) is 3.96. The molecule has 0 bridgehead atoms. The van der Waals surface area contributed by atoms with Gasteiger partial charge in [-0.1, -0.05) is 19.8 Å². The van der Waals surface area contributed by atoms with Gasteiger partial charge in [-0.3, -0.25) is 4.79 Å². The summed E-state index contributed by atoms with van der Waals surface area (Å²) in [5, 5.41) is 3.04. The number of hydrogen-bond acceptors (Lipinski definition) is 2. The summed E-state index contributed by atoms with van der Waals surface area (Å²) in [6.45, 7) is 2.12. The van der Waals surface area contributed by atoms with E-state index in [0.717, 1.165) is 41.9 Å². The Balaban J connectivity index is 1.99. The summed E-state index contributed by atoms with van der Waals surface area (Å²) in [5.41, 5.74) is 0.931. The van der Waals surface area contributed by atoms with Gasteiger partial charge in [0.05, 0.1) is 6.04 Å². The van der Waals surface area contributed by atoms with E-state index >= 15 is 0 Å². The van der Waals surface area contributed by atoms with Crippen molar-refractivity contribution in [1.29, 1.82) is 0 Å². The average molecular weight is 281 g/mol. The summed E-state index contributed by atoms with van der Waals surface area (Å²) in [7, 11) is 0. The van der Waals surface area contributed by atoms with E-state index in [1.165, 1.54) is 6.07 Å². The highest BCUT2D eigenvalue weighted by Gasteiger charge is 2.22. The summed E-state index contributed by atoms with van der Waals surface area (Å²) < 4.78 is 13.3. The molecule has 0 fully saturated rings. The highest BCUT2D eigenvalue weighted by Crippen LogP contribution is 2.36. The zero-order valence-corrected chi connectivity index (χ0v) is 12.1. The number of benzene rings is 1. The third-order valence-corrected chi connectivity index (χ3v) is 4.48. The lowest BCUT2D eigenvalue weighted by atomic mass is 10.0. The van der Waals surface area contributed by atoms with Gasteiger partial charge in [-0.05, 0) is 36.6 Å². The highest BCUT2D eigenvalue weighted by atomic mass is 32.2. The van der Waals surface area contributed by atoms with Gasteiger partial charge in [-0.15, -0.1) is 11.8 Å². The van der Waals surface area contributed by atoms with Crippen LogP contribution >= 0.6 is 11.8 Å². The van der Waals surface area contributed by atoms with Crippen LogP contribution in [0.4, 0.5) is 4.39 Å². The predicted molar refractivity (Wildman–Crippen MR) is 76.8 cm³/mol. The first kappa shape index (κ1) is 14.4. The fraction of sp³-hybridized carbons (Fsp3) is 0.533. The number of fused-ring (bicyclic) bond motifs is 1. The van der Waals surface area contributed by atoms with Crippen LogP contribution in [0.5, 0.6) is 0 Å². The van der Waals surface area contributed by atoms with Crippen LogP contribution in [0.15, 0.2) is 23.1 Å². The normalized spacial score (nSPS) is 17.9. The molecule has 0 aromatic heterocycles. The molecule has 1 unspecified atom stereocenters. The SMILES string of the molecule is CCCCCC(=O)NC1CCSc2ccc(F)cc21. The molecule has 19 heavy (non-hydrogen) atoms. The van der Waals surface area contributed by atoms with E-state index in [1.54, 1.807) is 17.8 Å². The molecule has 104 valence electrons. The molecular formula is C15H20FNOS. The maximum Gasteiger partial charge on any atom is 0.220 e. The second-order valence-corrected chi connectivity index (χ2v) is 6.03. The summed E-state index contributed by atoms with van der Waals surface area (Å²) in [6, 6.07) is 4.82. The van der Waals surface area contributed by atoms with Crippen LogP contribution in [0.2, 0.25) is 0 Å². The molecule has 0 radical (unpaired) electrons. The number of thioether (sulfide) groups is 1. The fourth-order valence-corrected chi connectivity index (χ4v) is 3.42. The Morgan fingerprint density at radius 1 is 1.47 bits per heavy atom. The Kier molecular flexibility index (Phi) is 5.25. The van der Waals surface area contributed by atoms with E-state index in [1.807, 2.05) is 6.07 Å². The number of carbonyl (C=O) groups excluding carboxylic acids is 1. The van der Waals surface area contributed by atoms with Gasteiger partial charge in [-0.25, -0.2) is 4.39 Å². The molecule has 2 nitrogen and oxygen atoms in total. The van der Waals surface area contributed by atoms with Crippen LogP contribution in [0.3, 0.4) is 0 Å². The molecule has 1 N–H and O–H groups in total. The first-order valence-electron chi connectivity index (χ1n) is 6.92. The molecule has 1 atom stereocenters. The van der Waals surface area contributed by atoms with Gasteiger partial charge in [0.25, 0.3) is 0 Å². The molecule has 1 aliphatic rings. The van der Waals surface area contributed by atoms with Crippen molar-refractivity contribution in [3.63, 3.8) is 0 Å². The van der Waals surface area contributed by atoms with Gasteiger partial charge in [0.2, 0.25) is 5.91 Å². The van der Waals surface area contributed by atoms with E-state index < -0.39 is 0 Å². The summed E-state index contributed by atoms with van der Waals surface area (Å²) in [5.74, 6) is 0.825. The highest BCUT2D eigenvalue weighted by molar-refractivity contribution is 7.99. The quantitative estimate of drug-likeness (QED) is 0.825. The number of hydrogen-bond donors (Lipinski definition) is 1. The van der Waals surface area contributed by atoms with Gasteiger partial charge in [0.1, 0.15) is 5.82 Å². The van der Waals surface area contributed by atoms with Crippen molar-refractivity contribution in [2.75, 3.05) is 5.75 Å². The summed E-state index contributed by atoms with van der Waals surface area (Å²) in [4.78, 5) is 13.0.